The number of allylic oxidation sites excluding steroid dienone is 4. The van der Waals surface area contributed by atoms with E-state index in [1.54, 1.807) is 0 Å². The van der Waals surface area contributed by atoms with Crippen molar-refractivity contribution >= 4 is 5.97 Å². The molecule has 0 bridgehead atoms. The van der Waals surface area contributed by atoms with E-state index < -0.39 is 5.97 Å². The third kappa shape index (κ3) is 21.9. The van der Waals surface area contributed by atoms with Crippen LogP contribution in [0, 0.1) is 0 Å². The van der Waals surface area contributed by atoms with Crippen molar-refractivity contribution in [3.63, 3.8) is 0 Å². The molecule has 0 aliphatic carbocycles. The van der Waals surface area contributed by atoms with Gasteiger partial charge < -0.3 is 5.11 Å². The first-order valence-electron chi connectivity index (χ1n) is 8.29. The third-order valence-corrected chi connectivity index (χ3v) is 3.34. The Morgan fingerprint density at radius 1 is 0.810 bits per heavy atom. The molecule has 0 heterocycles. The Morgan fingerprint density at radius 3 is 1.90 bits per heavy atom. The number of unbranched alkanes of at least 4 members (excludes halogenated alkanes) is 8. The fourth-order valence-corrected chi connectivity index (χ4v) is 2.09. The monoisotopic (exact) mass is 332 g/mol. The Hall–Kier alpha value is -0.518. The van der Waals surface area contributed by atoms with E-state index in [2.05, 4.69) is 31.2 Å². The maximum absolute atomic E-state index is 10.3. The van der Waals surface area contributed by atoms with Gasteiger partial charge in [0.2, 0.25) is 0 Å². The van der Waals surface area contributed by atoms with Crippen LogP contribution in [0.2, 0.25) is 0 Å². The van der Waals surface area contributed by atoms with Crippen LogP contribution in [-0.2, 0) is 22.2 Å². The van der Waals surface area contributed by atoms with Gasteiger partial charge in [-0.2, -0.15) is 0 Å². The summed E-state index contributed by atoms with van der Waals surface area (Å²) in [6.07, 6.45) is 22.3. The summed E-state index contributed by atoms with van der Waals surface area (Å²) in [5.41, 5.74) is 0. The van der Waals surface area contributed by atoms with E-state index in [0.717, 1.165) is 25.7 Å². The van der Waals surface area contributed by atoms with Gasteiger partial charge in [0.1, 0.15) is 0 Å². The summed E-state index contributed by atoms with van der Waals surface area (Å²) in [5.74, 6) is -0.671. The van der Waals surface area contributed by atoms with Crippen LogP contribution in [0.25, 0.3) is 0 Å². The summed E-state index contributed by atoms with van der Waals surface area (Å²) < 4.78 is 0. The van der Waals surface area contributed by atoms with Crippen molar-refractivity contribution in [2.45, 2.75) is 84.0 Å². The average molecular weight is 332 g/mol. The van der Waals surface area contributed by atoms with Crippen LogP contribution < -0.4 is 0 Å². The summed E-state index contributed by atoms with van der Waals surface area (Å²) >= 11 is 0. The van der Waals surface area contributed by atoms with Gasteiger partial charge in [-0.05, 0) is 38.5 Å². The molecule has 0 radical (unpaired) electrons. The smallest absolute Gasteiger partial charge is 0.303 e. The molecule has 0 unspecified atom stereocenters. The van der Waals surface area contributed by atoms with Gasteiger partial charge in [0.05, 0.1) is 0 Å². The van der Waals surface area contributed by atoms with Gasteiger partial charge in [0.15, 0.2) is 0 Å². The first kappa shape index (κ1) is 22.8. The molecule has 0 rings (SSSR count). The SMILES string of the molecule is CCCCC/C=C\C/C=C\CCCCCCCC(=O)O.[Cr]. The molecule has 2 nitrogen and oxygen atoms in total. The van der Waals surface area contributed by atoms with Crippen LogP contribution in [-0.4, -0.2) is 11.1 Å². The van der Waals surface area contributed by atoms with Gasteiger partial charge >= 0.3 is 5.97 Å². The molecule has 0 saturated heterocycles. The first-order valence-corrected chi connectivity index (χ1v) is 8.29. The molecule has 0 fully saturated rings. The summed E-state index contributed by atoms with van der Waals surface area (Å²) in [6, 6.07) is 0. The second-order valence-corrected chi connectivity index (χ2v) is 5.37. The molecule has 0 aromatic heterocycles. The number of aliphatic carboxylic acids is 1. The average Bonchev–Trinajstić information content (AvgIpc) is 2.43. The predicted octanol–water partition coefficient (Wildman–Crippen LogP) is 5.88. The van der Waals surface area contributed by atoms with Crippen molar-refractivity contribution in [3.8, 4) is 0 Å². The maximum Gasteiger partial charge on any atom is 0.303 e. The Morgan fingerprint density at radius 2 is 1.33 bits per heavy atom. The van der Waals surface area contributed by atoms with Crippen molar-refractivity contribution in [2.75, 3.05) is 0 Å². The second kappa shape index (κ2) is 19.5. The Labute approximate surface area is 141 Å². The topological polar surface area (TPSA) is 37.3 Å². The molecule has 21 heavy (non-hydrogen) atoms. The van der Waals surface area contributed by atoms with Crippen LogP contribution >= 0.6 is 0 Å². The normalized spacial score (nSPS) is 11.1. The number of carboxylic acid groups (broad SMARTS) is 1. The van der Waals surface area contributed by atoms with Gasteiger partial charge in [0, 0.05) is 23.8 Å². The molecule has 0 atom stereocenters. The minimum atomic E-state index is -0.671. The molecule has 122 valence electrons. The first-order chi connectivity index (χ1) is 9.77. The van der Waals surface area contributed by atoms with E-state index in [1.807, 2.05) is 0 Å². The molecule has 3 heteroatoms. The molecule has 0 aliphatic heterocycles. The van der Waals surface area contributed by atoms with Crippen LogP contribution in [0.3, 0.4) is 0 Å². The fourth-order valence-electron chi connectivity index (χ4n) is 2.09. The van der Waals surface area contributed by atoms with Crippen molar-refractivity contribution in [1.82, 2.24) is 0 Å². The molecule has 0 aromatic rings. The summed E-state index contributed by atoms with van der Waals surface area (Å²) in [7, 11) is 0. The number of hydrogen-bond donors (Lipinski definition) is 1. The molecule has 0 aromatic carbocycles. The molecule has 0 saturated carbocycles. The second-order valence-electron chi connectivity index (χ2n) is 5.37. The van der Waals surface area contributed by atoms with Gasteiger partial charge in [-0.1, -0.05) is 63.3 Å². The van der Waals surface area contributed by atoms with Gasteiger partial charge in [-0.15, -0.1) is 0 Å². The minimum Gasteiger partial charge on any atom is -0.481 e. The van der Waals surface area contributed by atoms with Gasteiger partial charge in [-0.25, -0.2) is 0 Å². The molecule has 0 amide bonds. The zero-order chi connectivity index (χ0) is 14.9. The van der Waals surface area contributed by atoms with E-state index in [9.17, 15) is 4.79 Å². The summed E-state index contributed by atoms with van der Waals surface area (Å²) in [4.78, 5) is 10.3. The van der Waals surface area contributed by atoms with Gasteiger partial charge in [0.25, 0.3) is 0 Å². The largest absolute Gasteiger partial charge is 0.481 e. The molecular weight excluding hydrogens is 300 g/mol. The quantitative estimate of drug-likeness (QED) is 0.318. The van der Waals surface area contributed by atoms with Crippen LogP contribution in [0.5, 0.6) is 0 Å². The maximum atomic E-state index is 10.3. The number of carboxylic acids is 1. The number of rotatable bonds is 14. The predicted molar refractivity (Wildman–Crippen MR) is 87.0 cm³/mol. The van der Waals surface area contributed by atoms with E-state index in [4.69, 9.17) is 5.11 Å². The van der Waals surface area contributed by atoms with E-state index >= 15 is 0 Å². The number of hydrogen-bond acceptors (Lipinski definition) is 1. The van der Waals surface area contributed by atoms with E-state index in [-0.39, 0.29) is 17.4 Å². The van der Waals surface area contributed by atoms with Crippen LogP contribution in [0.1, 0.15) is 84.0 Å². The zero-order valence-corrected chi connectivity index (χ0v) is 14.8. The number of carbonyl (C=O) groups is 1. The van der Waals surface area contributed by atoms with E-state index in [0.29, 0.717) is 6.42 Å². The van der Waals surface area contributed by atoms with Gasteiger partial charge in [-0.3, -0.25) is 4.79 Å². The molecule has 1 N–H and O–H groups in total. The Kier molecular flexibility index (Phi) is 21.1. The van der Waals surface area contributed by atoms with Crippen molar-refractivity contribution < 1.29 is 27.3 Å². The van der Waals surface area contributed by atoms with Crippen molar-refractivity contribution in [3.05, 3.63) is 24.3 Å². The molecular formula is C18H32CrO2. The fraction of sp³-hybridized carbons (Fsp3) is 0.722. The third-order valence-electron chi connectivity index (χ3n) is 3.34. The minimum absolute atomic E-state index is 0. The van der Waals surface area contributed by atoms with E-state index in [1.165, 1.54) is 44.9 Å². The van der Waals surface area contributed by atoms with Crippen molar-refractivity contribution in [2.24, 2.45) is 0 Å². The summed E-state index contributed by atoms with van der Waals surface area (Å²) in [6.45, 7) is 2.23. The van der Waals surface area contributed by atoms with Crippen LogP contribution in [0.4, 0.5) is 0 Å². The molecule has 0 aliphatic rings. The summed E-state index contributed by atoms with van der Waals surface area (Å²) in [5, 5.41) is 8.50. The Bertz CT molecular complexity index is 272. The molecule has 0 spiro atoms. The Balaban J connectivity index is 0. The zero-order valence-electron chi connectivity index (χ0n) is 13.6. The van der Waals surface area contributed by atoms with Crippen molar-refractivity contribution in [1.29, 1.82) is 0 Å². The standard InChI is InChI=1S/C18H32O2.Cr/c1-2-3-4-5-6-7-8-9-10-11-12-13-14-15-16-17-18(19)20;/h6-7,9-10H,2-5,8,11-17H2,1H3,(H,19,20);/b7-6-,10-9-;. The van der Waals surface area contributed by atoms with Crippen LogP contribution in [0.15, 0.2) is 24.3 Å².